The van der Waals surface area contributed by atoms with E-state index in [4.69, 9.17) is 16.3 Å². The van der Waals surface area contributed by atoms with Crippen molar-refractivity contribution in [1.82, 2.24) is 10.6 Å². The lowest BCUT2D eigenvalue weighted by atomic mass is 10.0. The van der Waals surface area contributed by atoms with Crippen molar-refractivity contribution >= 4 is 29.4 Å². The van der Waals surface area contributed by atoms with Gasteiger partial charge in [0.15, 0.2) is 6.10 Å². The van der Waals surface area contributed by atoms with Crippen molar-refractivity contribution in [3.8, 4) is 0 Å². The van der Waals surface area contributed by atoms with E-state index in [1.165, 1.54) is 6.92 Å². The van der Waals surface area contributed by atoms with Gasteiger partial charge in [-0.1, -0.05) is 50.4 Å². The first-order chi connectivity index (χ1) is 12.8. The fraction of sp³-hybridized carbons (Fsp3) is 0.550. The molecule has 1 aromatic rings. The number of rotatable bonds is 7. The highest BCUT2D eigenvalue weighted by Gasteiger charge is 2.30. The third kappa shape index (κ3) is 5.96. The van der Waals surface area contributed by atoms with Crippen LogP contribution in [-0.4, -0.2) is 36.0 Å². The number of hydrogen-bond donors (Lipinski definition) is 2. The minimum atomic E-state index is -0.920. The Morgan fingerprint density at radius 1 is 1.11 bits per heavy atom. The monoisotopic (exact) mass is 394 g/mol. The van der Waals surface area contributed by atoms with Crippen molar-refractivity contribution in [2.45, 2.75) is 64.6 Å². The van der Waals surface area contributed by atoms with Crippen LogP contribution >= 0.6 is 11.6 Å². The Labute approximate surface area is 165 Å². The molecule has 0 aromatic heterocycles. The topological polar surface area (TPSA) is 84.5 Å². The Bertz CT molecular complexity index is 686. The zero-order valence-corrected chi connectivity index (χ0v) is 16.7. The third-order valence-electron chi connectivity index (χ3n) is 4.69. The summed E-state index contributed by atoms with van der Waals surface area (Å²) in [4.78, 5) is 37.2. The molecule has 0 unspecified atom stereocenters. The molecule has 1 aliphatic carbocycles. The summed E-state index contributed by atoms with van der Waals surface area (Å²) < 4.78 is 5.31. The van der Waals surface area contributed by atoms with E-state index in [0.717, 1.165) is 25.7 Å². The highest BCUT2D eigenvalue weighted by Crippen LogP contribution is 2.18. The Balaban J connectivity index is 1.96. The zero-order chi connectivity index (χ0) is 20.0. The lowest BCUT2D eigenvalue weighted by Crippen LogP contribution is -2.48. The number of nitrogens with one attached hydrogen (secondary N) is 2. The van der Waals surface area contributed by atoms with Crippen molar-refractivity contribution in [2.24, 2.45) is 5.92 Å². The molecule has 2 atom stereocenters. The predicted molar refractivity (Wildman–Crippen MR) is 103 cm³/mol. The number of carbonyl (C=O) groups excluding carboxylic acids is 3. The van der Waals surface area contributed by atoms with E-state index >= 15 is 0 Å². The van der Waals surface area contributed by atoms with Gasteiger partial charge in [0, 0.05) is 6.04 Å². The van der Waals surface area contributed by atoms with Gasteiger partial charge in [0.1, 0.15) is 6.04 Å². The van der Waals surface area contributed by atoms with Crippen LogP contribution in [0.5, 0.6) is 0 Å². The van der Waals surface area contributed by atoms with Crippen LogP contribution in [-0.2, 0) is 14.3 Å². The molecule has 0 aliphatic heterocycles. The fourth-order valence-electron chi connectivity index (χ4n) is 3.05. The second kappa shape index (κ2) is 9.74. The molecule has 27 heavy (non-hydrogen) atoms. The van der Waals surface area contributed by atoms with E-state index in [2.05, 4.69) is 10.6 Å². The summed E-state index contributed by atoms with van der Waals surface area (Å²) in [5, 5.41) is 5.87. The Morgan fingerprint density at radius 2 is 1.74 bits per heavy atom. The lowest BCUT2D eigenvalue weighted by molar-refractivity contribution is -0.157. The number of carbonyl (C=O) groups is 3. The molecule has 7 heteroatoms. The number of esters is 1. The summed E-state index contributed by atoms with van der Waals surface area (Å²) in [7, 11) is 0. The highest BCUT2D eigenvalue weighted by molar-refractivity contribution is 6.33. The average molecular weight is 395 g/mol. The maximum atomic E-state index is 12.5. The molecule has 148 valence electrons. The number of hydrogen-bond acceptors (Lipinski definition) is 4. The summed E-state index contributed by atoms with van der Waals surface area (Å²) in [5.41, 5.74) is 0.282. The van der Waals surface area contributed by atoms with Gasteiger partial charge in [-0.05, 0) is 37.8 Å². The standard InChI is InChI=1S/C20H27ClN2O4/c1-12(2)17(23-19(25)15-10-6-7-11-16(15)21)20(26)27-13(3)18(24)22-14-8-4-5-9-14/h6-7,10-14,17H,4-5,8-9H2,1-3H3,(H,22,24)(H,23,25)/t13-,17-/m0/s1. The predicted octanol–water partition coefficient (Wildman–Crippen LogP) is 3.08. The molecule has 1 fully saturated rings. The van der Waals surface area contributed by atoms with Crippen LogP contribution in [0, 0.1) is 5.92 Å². The van der Waals surface area contributed by atoms with E-state index in [1.807, 2.05) is 0 Å². The third-order valence-corrected chi connectivity index (χ3v) is 5.02. The van der Waals surface area contributed by atoms with Gasteiger partial charge in [-0.15, -0.1) is 0 Å². The molecule has 0 spiro atoms. The Hall–Kier alpha value is -2.08. The number of amides is 2. The molecule has 2 amide bonds. The van der Waals surface area contributed by atoms with Crippen LogP contribution in [0.1, 0.15) is 56.8 Å². The average Bonchev–Trinajstić information content (AvgIpc) is 3.12. The second-order valence-electron chi connectivity index (χ2n) is 7.24. The molecule has 6 nitrogen and oxygen atoms in total. The van der Waals surface area contributed by atoms with Gasteiger partial charge in [-0.2, -0.15) is 0 Å². The van der Waals surface area contributed by atoms with Crippen LogP contribution < -0.4 is 10.6 Å². The van der Waals surface area contributed by atoms with E-state index in [9.17, 15) is 14.4 Å². The van der Waals surface area contributed by atoms with Crippen LogP contribution in [0.2, 0.25) is 5.02 Å². The summed E-state index contributed by atoms with van der Waals surface area (Å²) in [6.07, 6.45) is 3.19. The van der Waals surface area contributed by atoms with Gasteiger partial charge < -0.3 is 15.4 Å². The first kappa shape index (κ1) is 21.2. The summed E-state index contributed by atoms with van der Waals surface area (Å²) in [6, 6.07) is 5.87. The number of halogens is 1. The van der Waals surface area contributed by atoms with E-state index < -0.39 is 24.0 Å². The van der Waals surface area contributed by atoms with E-state index in [-0.39, 0.29) is 23.4 Å². The van der Waals surface area contributed by atoms with Crippen LogP contribution in [0.15, 0.2) is 24.3 Å². The van der Waals surface area contributed by atoms with Gasteiger partial charge in [0.05, 0.1) is 10.6 Å². The molecule has 1 aromatic carbocycles. The van der Waals surface area contributed by atoms with Gasteiger partial charge >= 0.3 is 5.97 Å². The maximum Gasteiger partial charge on any atom is 0.329 e. The molecule has 1 saturated carbocycles. The number of ether oxygens (including phenoxy) is 1. The summed E-state index contributed by atoms with van der Waals surface area (Å²) in [5.74, 6) is -1.62. The molecule has 1 aliphatic rings. The van der Waals surface area contributed by atoms with Gasteiger partial charge in [0.25, 0.3) is 11.8 Å². The molecule has 0 radical (unpaired) electrons. The quantitative estimate of drug-likeness (QED) is 0.696. The van der Waals surface area contributed by atoms with Crippen molar-refractivity contribution in [3.05, 3.63) is 34.9 Å². The molecular formula is C20H27ClN2O4. The van der Waals surface area contributed by atoms with Crippen LogP contribution in [0.3, 0.4) is 0 Å². The van der Waals surface area contributed by atoms with Crippen molar-refractivity contribution in [2.75, 3.05) is 0 Å². The van der Waals surface area contributed by atoms with Crippen LogP contribution in [0.4, 0.5) is 0 Å². The Kier molecular flexibility index (Phi) is 7.66. The Morgan fingerprint density at radius 3 is 2.33 bits per heavy atom. The minimum Gasteiger partial charge on any atom is -0.451 e. The zero-order valence-electron chi connectivity index (χ0n) is 16.0. The molecule has 0 bridgehead atoms. The van der Waals surface area contributed by atoms with Gasteiger partial charge in [0.2, 0.25) is 0 Å². The van der Waals surface area contributed by atoms with E-state index in [1.54, 1.807) is 38.1 Å². The smallest absolute Gasteiger partial charge is 0.329 e. The lowest BCUT2D eigenvalue weighted by Gasteiger charge is -2.23. The highest BCUT2D eigenvalue weighted by atomic mass is 35.5. The van der Waals surface area contributed by atoms with Crippen molar-refractivity contribution in [1.29, 1.82) is 0 Å². The van der Waals surface area contributed by atoms with Gasteiger partial charge in [-0.25, -0.2) is 4.79 Å². The molecule has 2 rings (SSSR count). The molecule has 0 heterocycles. The minimum absolute atomic E-state index is 0.152. The second-order valence-corrected chi connectivity index (χ2v) is 7.65. The van der Waals surface area contributed by atoms with Crippen LogP contribution in [0.25, 0.3) is 0 Å². The van der Waals surface area contributed by atoms with Crippen molar-refractivity contribution in [3.63, 3.8) is 0 Å². The SMILES string of the molecule is CC(C)[C@H](NC(=O)c1ccccc1Cl)C(=O)O[C@@H](C)C(=O)NC1CCCC1. The molecular weight excluding hydrogens is 368 g/mol. The number of benzene rings is 1. The largest absolute Gasteiger partial charge is 0.451 e. The first-order valence-corrected chi connectivity index (χ1v) is 9.73. The normalized spacial score (nSPS) is 16.6. The summed E-state index contributed by atoms with van der Waals surface area (Å²) >= 11 is 6.04. The molecule has 2 N–H and O–H groups in total. The first-order valence-electron chi connectivity index (χ1n) is 9.36. The fourth-order valence-corrected chi connectivity index (χ4v) is 3.27. The molecule has 0 saturated heterocycles. The van der Waals surface area contributed by atoms with Gasteiger partial charge in [-0.3, -0.25) is 9.59 Å². The summed E-state index contributed by atoms with van der Waals surface area (Å²) in [6.45, 7) is 5.12. The van der Waals surface area contributed by atoms with Crippen molar-refractivity contribution < 1.29 is 19.1 Å². The maximum absolute atomic E-state index is 12.5. The van der Waals surface area contributed by atoms with E-state index in [0.29, 0.717) is 5.02 Å².